The highest BCUT2D eigenvalue weighted by molar-refractivity contribution is 7.13. The highest BCUT2D eigenvalue weighted by Gasteiger charge is 2.12. The molecule has 0 saturated carbocycles. The summed E-state index contributed by atoms with van der Waals surface area (Å²) in [6.45, 7) is 0. The molecule has 3 aromatic rings. The van der Waals surface area contributed by atoms with E-state index >= 15 is 0 Å². The molecular weight excluding hydrogens is 268 g/mol. The van der Waals surface area contributed by atoms with E-state index in [0.717, 1.165) is 15.9 Å². The van der Waals surface area contributed by atoms with Crippen LogP contribution in [-0.2, 0) is 0 Å². The van der Waals surface area contributed by atoms with Gasteiger partial charge in [0.1, 0.15) is 10.7 Å². The first-order valence-electron chi connectivity index (χ1n) is 5.25. The van der Waals surface area contributed by atoms with E-state index in [9.17, 15) is 4.79 Å². The molecule has 0 bridgehead atoms. The zero-order valence-electron chi connectivity index (χ0n) is 9.13. The minimum Gasteiger partial charge on any atom is -0.276 e. The third-order valence-electron chi connectivity index (χ3n) is 2.58. The Kier molecular flexibility index (Phi) is 2.81. The smallest absolute Gasteiger partial charge is 0.253 e. The molecule has 0 aliphatic heterocycles. The number of carbonyl (C=O) groups excluding carboxylic acids is 1. The van der Waals surface area contributed by atoms with Crippen LogP contribution in [0, 0.1) is 0 Å². The number of halogens is 1. The molecule has 3 rings (SSSR count). The van der Waals surface area contributed by atoms with Crippen LogP contribution in [0.25, 0.3) is 21.6 Å². The molecule has 0 saturated heterocycles. The zero-order valence-corrected chi connectivity index (χ0v) is 10.7. The summed E-state index contributed by atoms with van der Waals surface area (Å²) in [5.74, 6) is 0. The second-order valence-corrected chi connectivity index (χ2v) is 4.92. The van der Waals surface area contributed by atoms with Crippen molar-refractivity contribution in [3.63, 3.8) is 0 Å². The molecule has 0 aliphatic carbocycles. The van der Waals surface area contributed by atoms with E-state index in [1.54, 1.807) is 12.3 Å². The number of para-hydroxylation sites is 1. The molecule has 0 N–H and O–H groups in total. The number of carbonyl (C=O) groups is 1. The van der Waals surface area contributed by atoms with E-state index in [1.807, 2.05) is 29.6 Å². The zero-order chi connectivity index (χ0) is 12.5. The van der Waals surface area contributed by atoms with Gasteiger partial charge in [0, 0.05) is 22.5 Å². The number of aromatic nitrogens is 2. The predicted octanol–water partition coefficient (Wildman–Crippen LogP) is 3.74. The molecular formula is C13H7ClN2OS. The minimum absolute atomic E-state index is 0.465. The number of thiazole rings is 1. The standard InChI is InChI=1S/C13H7ClN2OS/c14-12(17)9-7-11(13-15-5-6-18-13)16-10-4-2-1-3-8(9)10/h1-7H. The van der Waals surface area contributed by atoms with Crippen molar-refractivity contribution < 1.29 is 4.79 Å². The molecule has 0 spiro atoms. The van der Waals surface area contributed by atoms with Crippen molar-refractivity contribution in [1.29, 1.82) is 0 Å². The number of fused-ring (bicyclic) bond motifs is 1. The summed E-state index contributed by atoms with van der Waals surface area (Å²) in [5.41, 5.74) is 1.88. The molecule has 0 unspecified atom stereocenters. The fourth-order valence-electron chi connectivity index (χ4n) is 1.80. The van der Waals surface area contributed by atoms with Crippen LogP contribution in [0.2, 0.25) is 0 Å². The summed E-state index contributed by atoms with van der Waals surface area (Å²) in [5, 5.41) is 2.93. The SMILES string of the molecule is O=C(Cl)c1cc(-c2nccs2)nc2ccccc12. The lowest BCUT2D eigenvalue weighted by molar-refractivity contribution is 0.108. The minimum atomic E-state index is -0.480. The van der Waals surface area contributed by atoms with Crippen LogP contribution in [0.15, 0.2) is 41.9 Å². The Bertz CT molecular complexity index is 725. The molecule has 0 amide bonds. The van der Waals surface area contributed by atoms with E-state index in [4.69, 9.17) is 11.6 Å². The first kappa shape index (κ1) is 11.3. The van der Waals surface area contributed by atoms with Gasteiger partial charge in [-0.1, -0.05) is 18.2 Å². The normalized spacial score (nSPS) is 10.7. The van der Waals surface area contributed by atoms with Crippen molar-refractivity contribution in [2.45, 2.75) is 0 Å². The van der Waals surface area contributed by atoms with E-state index in [1.165, 1.54) is 11.3 Å². The van der Waals surface area contributed by atoms with Gasteiger partial charge in [0.15, 0.2) is 0 Å². The summed E-state index contributed by atoms with van der Waals surface area (Å²) in [7, 11) is 0. The molecule has 0 radical (unpaired) electrons. The summed E-state index contributed by atoms with van der Waals surface area (Å²) in [6.07, 6.45) is 1.71. The molecule has 0 atom stereocenters. The lowest BCUT2D eigenvalue weighted by atomic mass is 10.1. The Hall–Kier alpha value is -1.78. The topological polar surface area (TPSA) is 42.9 Å². The predicted molar refractivity (Wildman–Crippen MR) is 73.0 cm³/mol. The van der Waals surface area contributed by atoms with Gasteiger partial charge in [-0.25, -0.2) is 9.97 Å². The average molecular weight is 275 g/mol. The van der Waals surface area contributed by atoms with Crippen molar-refractivity contribution in [2.24, 2.45) is 0 Å². The van der Waals surface area contributed by atoms with Gasteiger partial charge in [0.25, 0.3) is 5.24 Å². The molecule has 2 aromatic heterocycles. The van der Waals surface area contributed by atoms with E-state index in [0.29, 0.717) is 11.3 Å². The Balaban J connectivity index is 2.33. The van der Waals surface area contributed by atoms with Crippen LogP contribution in [0.3, 0.4) is 0 Å². The van der Waals surface area contributed by atoms with Gasteiger partial charge in [-0.3, -0.25) is 4.79 Å². The van der Waals surface area contributed by atoms with Gasteiger partial charge in [0.2, 0.25) is 0 Å². The first-order chi connectivity index (χ1) is 8.75. The number of pyridine rings is 1. The summed E-state index contributed by atoms with van der Waals surface area (Å²) in [6, 6.07) is 9.12. The van der Waals surface area contributed by atoms with Crippen molar-refractivity contribution in [3.8, 4) is 10.7 Å². The van der Waals surface area contributed by atoms with Gasteiger partial charge in [-0.2, -0.15) is 0 Å². The highest BCUT2D eigenvalue weighted by atomic mass is 35.5. The first-order valence-corrected chi connectivity index (χ1v) is 6.51. The summed E-state index contributed by atoms with van der Waals surface area (Å²) >= 11 is 7.11. The van der Waals surface area contributed by atoms with Gasteiger partial charge < -0.3 is 0 Å². The largest absolute Gasteiger partial charge is 0.276 e. The van der Waals surface area contributed by atoms with Gasteiger partial charge >= 0.3 is 0 Å². The molecule has 18 heavy (non-hydrogen) atoms. The van der Waals surface area contributed by atoms with Crippen molar-refractivity contribution in [1.82, 2.24) is 9.97 Å². The lowest BCUT2D eigenvalue weighted by Crippen LogP contribution is -1.95. The molecule has 0 aliphatic rings. The van der Waals surface area contributed by atoms with E-state index in [-0.39, 0.29) is 0 Å². The number of benzene rings is 1. The Morgan fingerprint density at radius 1 is 1.28 bits per heavy atom. The third-order valence-corrected chi connectivity index (χ3v) is 3.58. The van der Waals surface area contributed by atoms with Gasteiger partial charge in [0.05, 0.1) is 5.52 Å². The summed E-state index contributed by atoms with van der Waals surface area (Å²) < 4.78 is 0. The number of nitrogens with zero attached hydrogens (tertiary/aromatic N) is 2. The van der Waals surface area contributed by atoms with Crippen LogP contribution in [0.5, 0.6) is 0 Å². The average Bonchev–Trinajstić information content (AvgIpc) is 2.91. The molecule has 2 heterocycles. The van der Waals surface area contributed by atoms with E-state index < -0.39 is 5.24 Å². The second-order valence-electron chi connectivity index (χ2n) is 3.68. The molecule has 1 aromatic carbocycles. The lowest BCUT2D eigenvalue weighted by Gasteiger charge is -2.04. The molecule has 88 valence electrons. The Morgan fingerprint density at radius 2 is 2.11 bits per heavy atom. The highest BCUT2D eigenvalue weighted by Crippen LogP contribution is 2.26. The summed E-state index contributed by atoms with van der Waals surface area (Å²) in [4.78, 5) is 20.2. The number of hydrogen-bond acceptors (Lipinski definition) is 4. The molecule has 0 fully saturated rings. The third kappa shape index (κ3) is 1.89. The number of rotatable bonds is 2. The fourth-order valence-corrected chi connectivity index (χ4v) is 2.55. The second kappa shape index (κ2) is 4.48. The van der Waals surface area contributed by atoms with Gasteiger partial charge in [-0.05, 0) is 23.7 Å². The van der Waals surface area contributed by atoms with Crippen molar-refractivity contribution in [2.75, 3.05) is 0 Å². The van der Waals surface area contributed by atoms with E-state index in [2.05, 4.69) is 9.97 Å². The maximum absolute atomic E-state index is 11.5. The Morgan fingerprint density at radius 3 is 2.83 bits per heavy atom. The Labute approximate surface area is 112 Å². The fraction of sp³-hybridized carbons (Fsp3) is 0. The monoisotopic (exact) mass is 274 g/mol. The molecule has 5 heteroatoms. The van der Waals surface area contributed by atoms with Crippen LogP contribution < -0.4 is 0 Å². The van der Waals surface area contributed by atoms with Crippen LogP contribution in [-0.4, -0.2) is 15.2 Å². The quantitative estimate of drug-likeness (QED) is 0.669. The number of hydrogen-bond donors (Lipinski definition) is 0. The van der Waals surface area contributed by atoms with Crippen LogP contribution >= 0.6 is 22.9 Å². The van der Waals surface area contributed by atoms with Crippen molar-refractivity contribution in [3.05, 3.63) is 47.5 Å². The molecule has 3 nitrogen and oxygen atoms in total. The maximum Gasteiger partial charge on any atom is 0.253 e. The van der Waals surface area contributed by atoms with Crippen LogP contribution in [0.4, 0.5) is 0 Å². The van der Waals surface area contributed by atoms with Gasteiger partial charge in [-0.15, -0.1) is 11.3 Å². The van der Waals surface area contributed by atoms with Crippen molar-refractivity contribution >= 4 is 39.1 Å². The van der Waals surface area contributed by atoms with Crippen LogP contribution in [0.1, 0.15) is 10.4 Å². The maximum atomic E-state index is 11.5.